The second-order valence-electron chi connectivity index (χ2n) is 3.78. The van der Waals surface area contributed by atoms with Crippen LogP contribution in [0.25, 0.3) is 11.4 Å². The van der Waals surface area contributed by atoms with Crippen LogP contribution in [0.4, 0.5) is 5.95 Å². The van der Waals surface area contributed by atoms with Crippen LogP contribution < -0.4 is 5.32 Å². The molecule has 0 aliphatic carbocycles. The van der Waals surface area contributed by atoms with E-state index >= 15 is 0 Å². The molecule has 0 unspecified atom stereocenters. The summed E-state index contributed by atoms with van der Waals surface area (Å²) in [6.45, 7) is 5.71. The van der Waals surface area contributed by atoms with Crippen molar-refractivity contribution in [3.8, 4) is 11.4 Å². The minimum Gasteiger partial charge on any atom is -0.355 e. The van der Waals surface area contributed by atoms with Crippen LogP contribution in [0.15, 0.2) is 22.7 Å². The fourth-order valence-electron chi connectivity index (χ4n) is 1.79. The lowest BCUT2D eigenvalue weighted by Crippen LogP contribution is -2.06. The maximum atomic E-state index is 6.06. The Kier molecular flexibility index (Phi) is 4.24. The molecule has 1 heterocycles. The van der Waals surface area contributed by atoms with Crippen molar-refractivity contribution in [3.63, 3.8) is 0 Å². The Balaban J connectivity index is 2.49. The van der Waals surface area contributed by atoms with Crippen LogP contribution in [0.2, 0.25) is 5.02 Å². The molecular weight excluding hydrogens is 316 g/mol. The van der Waals surface area contributed by atoms with Crippen molar-refractivity contribution in [1.82, 2.24) is 14.8 Å². The molecule has 0 amide bonds. The fraction of sp³-hybridized carbons (Fsp3) is 0.333. The molecule has 0 saturated carbocycles. The molecule has 96 valence electrons. The van der Waals surface area contributed by atoms with E-state index in [2.05, 4.69) is 38.4 Å². The van der Waals surface area contributed by atoms with Crippen LogP contribution in [-0.2, 0) is 6.54 Å². The number of halogens is 2. The first kappa shape index (κ1) is 13.4. The Labute approximate surface area is 119 Å². The molecule has 1 aromatic carbocycles. The number of benzene rings is 1. The van der Waals surface area contributed by atoms with E-state index < -0.39 is 0 Å². The van der Waals surface area contributed by atoms with E-state index in [0.717, 1.165) is 34.9 Å². The number of nitrogens with zero attached hydrogens (tertiary/aromatic N) is 3. The van der Waals surface area contributed by atoms with Crippen molar-refractivity contribution in [2.75, 3.05) is 11.9 Å². The minimum absolute atomic E-state index is 0.676. The van der Waals surface area contributed by atoms with Gasteiger partial charge in [0.25, 0.3) is 0 Å². The molecule has 0 bridgehead atoms. The molecule has 0 radical (unpaired) electrons. The fourth-order valence-corrected chi connectivity index (χ4v) is 2.65. The first-order valence-electron chi connectivity index (χ1n) is 5.79. The van der Waals surface area contributed by atoms with E-state index in [1.807, 2.05) is 29.7 Å². The van der Waals surface area contributed by atoms with E-state index in [1.165, 1.54) is 0 Å². The standard InChI is InChI=1S/C12H14BrClN4/c1-3-15-12-17-16-11(18(12)4-2)8-5-9(13)7-10(14)6-8/h5-7H,3-4H2,1-2H3,(H,15,17). The maximum absolute atomic E-state index is 6.06. The predicted molar refractivity (Wildman–Crippen MR) is 78.0 cm³/mol. The Morgan fingerprint density at radius 1 is 1.28 bits per heavy atom. The third-order valence-electron chi connectivity index (χ3n) is 2.52. The number of aromatic nitrogens is 3. The van der Waals surface area contributed by atoms with Gasteiger partial charge in [0.05, 0.1) is 0 Å². The van der Waals surface area contributed by atoms with Gasteiger partial charge in [-0.3, -0.25) is 4.57 Å². The highest BCUT2D eigenvalue weighted by molar-refractivity contribution is 9.10. The van der Waals surface area contributed by atoms with Gasteiger partial charge in [0.1, 0.15) is 0 Å². The molecular formula is C12H14BrClN4. The Bertz CT molecular complexity index is 533. The van der Waals surface area contributed by atoms with Gasteiger partial charge >= 0.3 is 0 Å². The number of hydrogen-bond donors (Lipinski definition) is 1. The zero-order valence-electron chi connectivity index (χ0n) is 10.2. The molecule has 6 heteroatoms. The molecule has 2 aromatic rings. The van der Waals surface area contributed by atoms with E-state index in [9.17, 15) is 0 Å². The monoisotopic (exact) mass is 328 g/mol. The number of anilines is 1. The normalized spacial score (nSPS) is 10.7. The summed E-state index contributed by atoms with van der Waals surface area (Å²) in [5.74, 6) is 1.60. The number of nitrogens with one attached hydrogen (secondary N) is 1. The number of rotatable bonds is 4. The number of hydrogen-bond acceptors (Lipinski definition) is 3. The lowest BCUT2D eigenvalue weighted by atomic mass is 10.2. The topological polar surface area (TPSA) is 42.7 Å². The molecule has 2 rings (SSSR count). The van der Waals surface area contributed by atoms with Gasteiger partial charge in [-0.05, 0) is 32.0 Å². The third kappa shape index (κ3) is 2.67. The maximum Gasteiger partial charge on any atom is 0.224 e. The van der Waals surface area contributed by atoms with Gasteiger partial charge in [0, 0.05) is 28.1 Å². The zero-order valence-corrected chi connectivity index (χ0v) is 12.6. The summed E-state index contributed by atoms with van der Waals surface area (Å²) >= 11 is 9.50. The van der Waals surface area contributed by atoms with Crippen LogP contribution in [0.3, 0.4) is 0 Å². The average Bonchev–Trinajstić information content (AvgIpc) is 2.71. The van der Waals surface area contributed by atoms with E-state index in [0.29, 0.717) is 5.02 Å². The molecule has 18 heavy (non-hydrogen) atoms. The van der Waals surface area contributed by atoms with Crippen molar-refractivity contribution in [1.29, 1.82) is 0 Å². The summed E-state index contributed by atoms with van der Waals surface area (Å²) in [5.41, 5.74) is 0.952. The van der Waals surface area contributed by atoms with Crippen molar-refractivity contribution in [2.24, 2.45) is 0 Å². The molecule has 1 aromatic heterocycles. The summed E-state index contributed by atoms with van der Waals surface area (Å²) in [6, 6.07) is 5.72. The van der Waals surface area contributed by atoms with Gasteiger partial charge in [-0.2, -0.15) is 0 Å². The van der Waals surface area contributed by atoms with E-state index in [4.69, 9.17) is 11.6 Å². The van der Waals surface area contributed by atoms with E-state index in [-0.39, 0.29) is 0 Å². The van der Waals surface area contributed by atoms with Crippen molar-refractivity contribution >= 4 is 33.5 Å². The smallest absolute Gasteiger partial charge is 0.224 e. The van der Waals surface area contributed by atoms with Gasteiger partial charge in [0.2, 0.25) is 5.95 Å². The van der Waals surface area contributed by atoms with Gasteiger partial charge in [-0.15, -0.1) is 10.2 Å². The molecule has 0 spiro atoms. The SMILES string of the molecule is CCNc1nnc(-c2cc(Cl)cc(Br)c2)n1CC. The highest BCUT2D eigenvalue weighted by Crippen LogP contribution is 2.27. The average molecular weight is 330 g/mol. The molecule has 0 fully saturated rings. The lowest BCUT2D eigenvalue weighted by Gasteiger charge is -2.08. The Hall–Kier alpha value is -1.07. The predicted octanol–water partition coefficient (Wildman–Crippen LogP) is 3.81. The molecule has 0 aliphatic heterocycles. The van der Waals surface area contributed by atoms with Crippen molar-refractivity contribution in [2.45, 2.75) is 20.4 Å². The lowest BCUT2D eigenvalue weighted by molar-refractivity contribution is 0.770. The molecule has 0 saturated heterocycles. The first-order valence-corrected chi connectivity index (χ1v) is 6.96. The van der Waals surface area contributed by atoms with Crippen LogP contribution in [0.5, 0.6) is 0 Å². The summed E-state index contributed by atoms with van der Waals surface area (Å²) in [5, 5.41) is 12.3. The zero-order chi connectivity index (χ0) is 13.1. The molecule has 0 aliphatic rings. The van der Waals surface area contributed by atoms with Gasteiger partial charge in [-0.1, -0.05) is 27.5 Å². The Morgan fingerprint density at radius 2 is 2.06 bits per heavy atom. The molecule has 0 atom stereocenters. The van der Waals surface area contributed by atoms with E-state index in [1.54, 1.807) is 0 Å². The van der Waals surface area contributed by atoms with Gasteiger partial charge < -0.3 is 5.32 Å². The highest BCUT2D eigenvalue weighted by Gasteiger charge is 2.12. The van der Waals surface area contributed by atoms with Gasteiger partial charge in [-0.25, -0.2) is 0 Å². The summed E-state index contributed by atoms with van der Waals surface area (Å²) < 4.78 is 2.96. The van der Waals surface area contributed by atoms with Gasteiger partial charge in [0.15, 0.2) is 5.82 Å². The van der Waals surface area contributed by atoms with Crippen LogP contribution in [0.1, 0.15) is 13.8 Å². The third-order valence-corrected chi connectivity index (χ3v) is 3.20. The van der Waals surface area contributed by atoms with Crippen LogP contribution >= 0.6 is 27.5 Å². The summed E-state index contributed by atoms with van der Waals surface area (Å²) in [4.78, 5) is 0. The first-order chi connectivity index (χ1) is 8.65. The molecule has 4 nitrogen and oxygen atoms in total. The van der Waals surface area contributed by atoms with Crippen molar-refractivity contribution < 1.29 is 0 Å². The highest BCUT2D eigenvalue weighted by atomic mass is 79.9. The molecule has 1 N–H and O–H groups in total. The Morgan fingerprint density at radius 3 is 2.67 bits per heavy atom. The largest absolute Gasteiger partial charge is 0.355 e. The summed E-state index contributed by atoms with van der Waals surface area (Å²) in [7, 11) is 0. The van der Waals surface area contributed by atoms with Crippen molar-refractivity contribution in [3.05, 3.63) is 27.7 Å². The summed E-state index contributed by atoms with van der Waals surface area (Å²) in [6.07, 6.45) is 0. The van der Waals surface area contributed by atoms with Crippen LogP contribution in [-0.4, -0.2) is 21.3 Å². The second kappa shape index (κ2) is 5.71. The minimum atomic E-state index is 0.676. The quantitative estimate of drug-likeness (QED) is 0.927. The van der Waals surface area contributed by atoms with Crippen LogP contribution in [0, 0.1) is 0 Å². The second-order valence-corrected chi connectivity index (χ2v) is 5.13.